The van der Waals surface area contributed by atoms with E-state index in [1.54, 1.807) is 0 Å². The predicted molar refractivity (Wildman–Crippen MR) is 58.0 cm³/mol. The molecule has 0 bridgehead atoms. The van der Waals surface area contributed by atoms with Gasteiger partial charge in [-0.15, -0.1) is 11.3 Å². The molecule has 1 aliphatic heterocycles. The van der Waals surface area contributed by atoms with Crippen LogP contribution in [0.5, 0.6) is 0 Å². The maximum Gasteiger partial charge on any atom is 0.104 e. The lowest BCUT2D eigenvalue weighted by molar-refractivity contribution is 0.289. The molecule has 0 fully saturated rings. The summed E-state index contributed by atoms with van der Waals surface area (Å²) in [5.41, 5.74) is 7.50. The van der Waals surface area contributed by atoms with Gasteiger partial charge in [-0.3, -0.25) is 4.90 Å². The Morgan fingerprint density at radius 1 is 1.47 bits per heavy atom. The normalized spacial score (nSPS) is 15.3. The molecular weight excluding hydrogens is 208 g/mol. The van der Waals surface area contributed by atoms with Gasteiger partial charge in [0.1, 0.15) is 11.1 Å². The summed E-state index contributed by atoms with van der Waals surface area (Å²) in [6.07, 6.45) is 0.827. The highest BCUT2D eigenvalue weighted by atomic mass is 32.1. The number of rotatable bonds is 1. The van der Waals surface area contributed by atoms with E-state index in [0.717, 1.165) is 30.0 Å². The van der Waals surface area contributed by atoms with Gasteiger partial charge in [0, 0.05) is 18.0 Å². The number of nitriles is 2. The van der Waals surface area contributed by atoms with Crippen LogP contribution < -0.4 is 5.73 Å². The highest BCUT2D eigenvalue weighted by Crippen LogP contribution is 2.34. The Morgan fingerprint density at radius 3 is 2.93 bits per heavy atom. The van der Waals surface area contributed by atoms with Crippen LogP contribution in [0.1, 0.15) is 16.0 Å². The van der Waals surface area contributed by atoms with Crippen LogP contribution in [-0.2, 0) is 13.0 Å². The third-order valence-electron chi connectivity index (χ3n) is 2.57. The van der Waals surface area contributed by atoms with E-state index in [-0.39, 0.29) is 0 Å². The third kappa shape index (κ3) is 1.68. The Hall–Kier alpha value is -1.56. The van der Waals surface area contributed by atoms with E-state index in [1.807, 2.05) is 0 Å². The molecule has 2 N–H and O–H groups in total. The monoisotopic (exact) mass is 218 g/mol. The topological polar surface area (TPSA) is 76.8 Å². The molecular formula is C10H10N4S. The highest BCUT2D eigenvalue weighted by molar-refractivity contribution is 7.16. The first kappa shape index (κ1) is 9.97. The minimum absolute atomic E-state index is 0.444. The summed E-state index contributed by atoms with van der Waals surface area (Å²) in [5.74, 6) is 0. The number of hydrogen-bond acceptors (Lipinski definition) is 5. The first-order chi connectivity index (χ1) is 7.26. The van der Waals surface area contributed by atoms with Crippen LogP contribution in [-0.4, -0.2) is 18.0 Å². The molecule has 0 aliphatic carbocycles. The second kappa shape index (κ2) is 3.90. The van der Waals surface area contributed by atoms with Crippen molar-refractivity contribution >= 4 is 16.3 Å². The Kier molecular flexibility index (Phi) is 2.59. The van der Waals surface area contributed by atoms with E-state index in [4.69, 9.17) is 16.3 Å². The fourth-order valence-corrected chi connectivity index (χ4v) is 2.95. The Bertz CT molecular complexity index is 463. The maximum absolute atomic E-state index is 8.94. The number of nitrogens with two attached hydrogens (primary N) is 1. The van der Waals surface area contributed by atoms with Gasteiger partial charge in [0.15, 0.2) is 0 Å². The summed E-state index contributed by atoms with van der Waals surface area (Å²) in [7, 11) is 0. The van der Waals surface area contributed by atoms with Gasteiger partial charge in [-0.05, 0) is 12.0 Å². The van der Waals surface area contributed by atoms with Crippen molar-refractivity contribution in [1.82, 2.24) is 4.90 Å². The van der Waals surface area contributed by atoms with Crippen LogP contribution in [0.2, 0.25) is 0 Å². The summed E-state index contributed by atoms with van der Waals surface area (Å²) >= 11 is 1.48. The molecule has 0 saturated heterocycles. The van der Waals surface area contributed by atoms with Gasteiger partial charge >= 0.3 is 0 Å². The average Bonchev–Trinajstić information content (AvgIpc) is 2.53. The molecule has 1 aromatic heterocycles. The van der Waals surface area contributed by atoms with Crippen LogP contribution in [0.15, 0.2) is 0 Å². The molecule has 0 unspecified atom stereocenters. The number of nitrogens with zero attached hydrogens (tertiary/aromatic N) is 3. The van der Waals surface area contributed by atoms with Gasteiger partial charge in [0.2, 0.25) is 0 Å². The fourth-order valence-electron chi connectivity index (χ4n) is 1.84. The van der Waals surface area contributed by atoms with E-state index in [0.29, 0.717) is 17.1 Å². The molecule has 2 heterocycles. The molecule has 15 heavy (non-hydrogen) atoms. The maximum atomic E-state index is 8.94. The highest BCUT2D eigenvalue weighted by Gasteiger charge is 2.22. The quantitative estimate of drug-likeness (QED) is 0.716. The van der Waals surface area contributed by atoms with Crippen LogP contribution in [0.25, 0.3) is 0 Å². The van der Waals surface area contributed by atoms with E-state index < -0.39 is 0 Å². The van der Waals surface area contributed by atoms with Gasteiger partial charge in [0.25, 0.3) is 0 Å². The molecule has 0 aromatic carbocycles. The molecule has 1 aliphatic rings. The van der Waals surface area contributed by atoms with E-state index in [1.165, 1.54) is 11.3 Å². The first-order valence-corrected chi connectivity index (χ1v) is 5.47. The summed E-state index contributed by atoms with van der Waals surface area (Å²) in [5, 5.41) is 18.2. The smallest absolute Gasteiger partial charge is 0.104 e. The summed E-state index contributed by atoms with van der Waals surface area (Å²) in [6.45, 7) is 2.03. The van der Waals surface area contributed by atoms with Crippen LogP contribution in [0, 0.1) is 22.7 Å². The van der Waals surface area contributed by atoms with Crippen molar-refractivity contribution in [2.24, 2.45) is 0 Å². The Labute approximate surface area is 92.1 Å². The molecule has 4 nitrogen and oxygen atoms in total. The zero-order chi connectivity index (χ0) is 10.8. The molecule has 0 saturated carbocycles. The van der Waals surface area contributed by atoms with Crippen molar-refractivity contribution in [1.29, 1.82) is 10.5 Å². The first-order valence-electron chi connectivity index (χ1n) is 4.65. The minimum atomic E-state index is 0.444. The van der Waals surface area contributed by atoms with Gasteiger partial charge in [0.05, 0.1) is 18.2 Å². The third-order valence-corrected chi connectivity index (χ3v) is 3.62. The summed E-state index contributed by atoms with van der Waals surface area (Å²) in [4.78, 5) is 3.21. The Morgan fingerprint density at radius 2 is 2.27 bits per heavy atom. The Balaban J connectivity index is 2.30. The minimum Gasteiger partial charge on any atom is -0.389 e. The average molecular weight is 218 g/mol. The van der Waals surface area contributed by atoms with Crippen molar-refractivity contribution in [3.05, 3.63) is 16.0 Å². The molecule has 0 spiro atoms. The lowest BCUT2D eigenvalue weighted by Crippen LogP contribution is -2.30. The SMILES string of the molecule is N#CCN1CCc2c(sc(N)c2C#N)C1. The van der Waals surface area contributed by atoms with Crippen molar-refractivity contribution < 1.29 is 0 Å². The fraction of sp³-hybridized carbons (Fsp3) is 0.400. The van der Waals surface area contributed by atoms with E-state index in [9.17, 15) is 0 Å². The van der Waals surface area contributed by atoms with Crippen LogP contribution >= 0.6 is 11.3 Å². The molecule has 1 aromatic rings. The van der Waals surface area contributed by atoms with Crippen LogP contribution in [0.4, 0.5) is 5.00 Å². The van der Waals surface area contributed by atoms with Crippen molar-refractivity contribution in [2.75, 3.05) is 18.8 Å². The molecule has 0 radical (unpaired) electrons. The molecule has 0 atom stereocenters. The van der Waals surface area contributed by atoms with Crippen LogP contribution in [0.3, 0.4) is 0 Å². The van der Waals surface area contributed by atoms with Crippen molar-refractivity contribution in [2.45, 2.75) is 13.0 Å². The van der Waals surface area contributed by atoms with Gasteiger partial charge in [-0.2, -0.15) is 10.5 Å². The largest absolute Gasteiger partial charge is 0.389 e. The number of thiophene rings is 1. The summed E-state index contributed by atoms with van der Waals surface area (Å²) in [6, 6.07) is 4.29. The zero-order valence-corrected chi connectivity index (χ0v) is 8.97. The second-order valence-corrected chi connectivity index (χ2v) is 4.61. The number of anilines is 1. The van der Waals surface area contributed by atoms with E-state index in [2.05, 4.69) is 17.0 Å². The van der Waals surface area contributed by atoms with Crippen molar-refractivity contribution in [3.63, 3.8) is 0 Å². The lowest BCUT2D eigenvalue weighted by atomic mass is 10.0. The van der Waals surface area contributed by atoms with Crippen molar-refractivity contribution in [3.8, 4) is 12.1 Å². The number of nitrogen functional groups attached to an aromatic ring is 1. The second-order valence-electron chi connectivity index (χ2n) is 3.47. The van der Waals surface area contributed by atoms with E-state index >= 15 is 0 Å². The zero-order valence-electron chi connectivity index (χ0n) is 8.16. The predicted octanol–water partition coefficient (Wildman–Crippen LogP) is 1.08. The molecule has 5 heteroatoms. The van der Waals surface area contributed by atoms with Gasteiger partial charge < -0.3 is 5.73 Å². The molecule has 0 amide bonds. The number of fused-ring (bicyclic) bond motifs is 1. The molecule has 2 rings (SSSR count). The number of hydrogen-bond donors (Lipinski definition) is 1. The lowest BCUT2D eigenvalue weighted by Gasteiger charge is -2.23. The molecule has 76 valence electrons. The summed E-state index contributed by atoms with van der Waals surface area (Å²) < 4.78 is 0. The standard InChI is InChI=1S/C10H10N4S/c11-2-4-14-3-1-7-8(5-12)10(13)15-9(7)6-14/h1,3-4,6,13H2. The van der Waals surface area contributed by atoms with Gasteiger partial charge in [-0.25, -0.2) is 0 Å². The van der Waals surface area contributed by atoms with Gasteiger partial charge in [-0.1, -0.05) is 0 Å².